The van der Waals surface area contributed by atoms with E-state index in [0.29, 0.717) is 25.1 Å². The lowest BCUT2D eigenvalue weighted by Gasteiger charge is -2.29. The van der Waals surface area contributed by atoms with Crippen LogP contribution in [0.4, 0.5) is 18.9 Å². The average molecular weight is 365 g/mol. The maximum absolute atomic E-state index is 12.9. The van der Waals surface area contributed by atoms with Crippen LogP contribution in [-0.4, -0.2) is 18.6 Å². The number of nitrogens with one attached hydrogen (secondary N) is 2. The van der Waals surface area contributed by atoms with Crippen molar-refractivity contribution in [3.05, 3.63) is 29.8 Å². The van der Waals surface area contributed by atoms with Crippen molar-refractivity contribution in [1.29, 1.82) is 0 Å². The summed E-state index contributed by atoms with van der Waals surface area (Å²) in [5.41, 5.74) is 1.61. The number of alkyl halides is 3. The molecule has 0 aliphatic heterocycles. The molecule has 136 valence electrons. The molecule has 2 atom stereocenters. The molecule has 0 bridgehead atoms. The number of rotatable bonds is 5. The largest absolute Gasteiger partial charge is 0.391 e. The molecule has 0 radical (unpaired) electrons. The van der Waals surface area contributed by atoms with E-state index in [0.717, 1.165) is 12.1 Å². The number of carbonyl (C=O) groups excluding carboxylic acids is 1. The van der Waals surface area contributed by atoms with Crippen LogP contribution in [0.15, 0.2) is 24.3 Å². The van der Waals surface area contributed by atoms with Crippen molar-refractivity contribution in [1.82, 2.24) is 5.32 Å². The number of benzene rings is 1. The summed E-state index contributed by atoms with van der Waals surface area (Å²) in [7, 11) is 0. The molecule has 2 unspecified atom stereocenters. The number of para-hydroxylation sites is 1. The third kappa shape index (κ3) is 5.67. The fourth-order valence-corrected chi connectivity index (χ4v) is 3.02. The van der Waals surface area contributed by atoms with Crippen LogP contribution in [0.5, 0.6) is 0 Å². The number of amides is 1. The van der Waals surface area contributed by atoms with E-state index in [-0.39, 0.29) is 31.2 Å². The minimum Gasteiger partial charge on any atom is -0.326 e. The Balaban J connectivity index is 0.00000288. The molecule has 3 nitrogen and oxygen atoms in total. The van der Waals surface area contributed by atoms with Gasteiger partial charge in [0.25, 0.3) is 0 Å². The Kier molecular flexibility index (Phi) is 8.03. The highest BCUT2D eigenvalue weighted by atomic mass is 35.5. The van der Waals surface area contributed by atoms with Gasteiger partial charge in [0.15, 0.2) is 0 Å². The maximum atomic E-state index is 12.9. The molecular formula is C17H24ClF3N2O. The quantitative estimate of drug-likeness (QED) is 0.806. The Morgan fingerprint density at radius 1 is 1.25 bits per heavy atom. The van der Waals surface area contributed by atoms with Gasteiger partial charge in [-0.05, 0) is 37.4 Å². The predicted octanol–water partition coefficient (Wildman–Crippen LogP) is 4.53. The first-order valence-electron chi connectivity index (χ1n) is 8.08. The van der Waals surface area contributed by atoms with E-state index in [1.165, 1.54) is 0 Å². The molecule has 1 aliphatic carbocycles. The molecule has 2 N–H and O–H groups in total. The highest BCUT2D eigenvalue weighted by Gasteiger charge is 2.43. The molecule has 1 saturated carbocycles. The molecule has 1 aromatic carbocycles. The lowest BCUT2D eigenvalue weighted by Crippen LogP contribution is -2.34. The van der Waals surface area contributed by atoms with Gasteiger partial charge in [-0.25, -0.2) is 0 Å². The van der Waals surface area contributed by atoms with Gasteiger partial charge in [-0.2, -0.15) is 13.2 Å². The van der Waals surface area contributed by atoms with Crippen LogP contribution in [0.2, 0.25) is 0 Å². The van der Waals surface area contributed by atoms with Crippen LogP contribution < -0.4 is 10.6 Å². The number of halogens is 4. The average Bonchev–Trinajstić information content (AvgIpc) is 2.53. The van der Waals surface area contributed by atoms with Crippen molar-refractivity contribution in [3.63, 3.8) is 0 Å². The SMILES string of the molecule is CCNCc1ccccc1NC(=O)C1CCCC(C(F)(F)F)C1.Cl. The third-order valence-corrected chi connectivity index (χ3v) is 4.35. The molecule has 0 aromatic heterocycles. The predicted molar refractivity (Wildman–Crippen MR) is 91.2 cm³/mol. The van der Waals surface area contributed by atoms with E-state index in [1.807, 2.05) is 25.1 Å². The Labute approximate surface area is 146 Å². The van der Waals surface area contributed by atoms with Gasteiger partial charge >= 0.3 is 6.18 Å². The van der Waals surface area contributed by atoms with E-state index < -0.39 is 18.0 Å². The molecule has 2 rings (SSSR count). The zero-order chi connectivity index (χ0) is 16.9. The lowest BCUT2D eigenvalue weighted by molar-refractivity contribution is -0.185. The minimum absolute atomic E-state index is 0. The molecule has 7 heteroatoms. The third-order valence-electron chi connectivity index (χ3n) is 4.35. The van der Waals surface area contributed by atoms with Crippen LogP contribution in [0.3, 0.4) is 0 Å². The summed E-state index contributed by atoms with van der Waals surface area (Å²) in [6.07, 6.45) is -3.22. The van der Waals surface area contributed by atoms with E-state index >= 15 is 0 Å². The van der Waals surface area contributed by atoms with Gasteiger partial charge in [-0.1, -0.05) is 31.5 Å². The van der Waals surface area contributed by atoms with Crippen molar-refractivity contribution < 1.29 is 18.0 Å². The number of hydrogen-bond donors (Lipinski definition) is 2. The molecule has 1 aliphatic rings. The highest BCUT2D eigenvalue weighted by Crippen LogP contribution is 2.40. The Bertz CT molecular complexity index is 537. The van der Waals surface area contributed by atoms with Crippen molar-refractivity contribution in [2.24, 2.45) is 11.8 Å². The second kappa shape index (κ2) is 9.28. The first-order valence-corrected chi connectivity index (χ1v) is 8.08. The summed E-state index contributed by atoms with van der Waals surface area (Å²) in [5.74, 6) is -2.23. The van der Waals surface area contributed by atoms with Crippen molar-refractivity contribution in [3.8, 4) is 0 Å². The van der Waals surface area contributed by atoms with Crippen LogP contribution in [0, 0.1) is 11.8 Å². The summed E-state index contributed by atoms with van der Waals surface area (Å²) in [5, 5.41) is 6.00. The summed E-state index contributed by atoms with van der Waals surface area (Å²) < 4.78 is 38.6. The fraction of sp³-hybridized carbons (Fsp3) is 0.588. The Morgan fingerprint density at radius 2 is 1.96 bits per heavy atom. The van der Waals surface area contributed by atoms with Crippen LogP contribution in [0.1, 0.15) is 38.2 Å². The number of anilines is 1. The monoisotopic (exact) mass is 364 g/mol. The molecule has 0 heterocycles. The Morgan fingerprint density at radius 3 is 2.62 bits per heavy atom. The number of hydrogen-bond acceptors (Lipinski definition) is 2. The zero-order valence-electron chi connectivity index (χ0n) is 13.7. The molecule has 1 amide bonds. The molecule has 1 fully saturated rings. The summed E-state index contributed by atoms with van der Waals surface area (Å²) >= 11 is 0. The maximum Gasteiger partial charge on any atom is 0.391 e. The summed E-state index contributed by atoms with van der Waals surface area (Å²) in [6, 6.07) is 7.37. The van der Waals surface area contributed by atoms with Gasteiger partial charge in [-0.15, -0.1) is 12.4 Å². The van der Waals surface area contributed by atoms with Crippen molar-refractivity contribution in [2.75, 3.05) is 11.9 Å². The van der Waals surface area contributed by atoms with E-state index in [9.17, 15) is 18.0 Å². The van der Waals surface area contributed by atoms with Crippen molar-refractivity contribution >= 4 is 24.0 Å². The van der Waals surface area contributed by atoms with Crippen LogP contribution >= 0.6 is 12.4 Å². The summed E-state index contributed by atoms with van der Waals surface area (Å²) in [6.45, 7) is 3.40. The van der Waals surface area contributed by atoms with Crippen molar-refractivity contribution in [2.45, 2.75) is 45.3 Å². The molecule has 0 saturated heterocycles. The van der Waals surface area contributed by atoms with Gasteiger partial charge in [0, 0.05) is 18.2 Å². The normalized spacial score (nSPS) is 21.0. The Hall–Kier alpha value is -1.27. The minimum atomic E-state index is -4.21. The molecule has 0 spiro atoms. The topological polar surface area (TPSA) is 41.1 Å². The lowest BCUT2D eigenvalue weighted by atomic mass is 9.80. The first kappa shape index (κ1) is 20.8. The van der Waals surface area contributed by atoms with Crippen LogP contribution in [-0.2, 0) is 11.3 Å². The highest BCUT2D eigenvalue weighted by molar-refractivity contribution is 5.93. The van der Waals surface area contributed by atoms with Gasteiger partial charge < -0.3 is 10.6 Å². The second-order valence-corrected chi connectivity index (χ2v) is 6.03. The van der Waals surface area contributed by atoms with E-state index in [1.54, 1.807) is 6.07 Å². The second-order valence-electron chi connectivity index (χ2n) is 6.03. The van der Waals surface area contributed by atoms with Gasteiger partial charge in [0.2, 0.25) is 5.91 Å². The zero-order valence-corrected chi connectivity index (χ0v) is 14.5. The smallest absolute Gasteiger partial charge is 0.326 e. The van der Waals surface area contributed by atoms with Crippen LogP contribution in [0.25, 0.3) is 0 Å². The fourth-order valence-electron chi connectivity index (χ4n) is 3.02. The van der Waals surface area contributed by atoms with Gasteiger partial charge in [0.1, 0.15) is 0 Å². The molecule has 1 aromatic rings. The molecule has 24 heavy (non-hydrogen) atoms. The van der Waals surface area contributed by atoms with Gasteiger partial charge in [-0.3, -0.25) is 4.79 Å². The van der Waals surface area contributed by atoms with E-state index in [2.05, 4.69) is 10.6 Å². The standard InChI is InChI=1S/C17H23F3N2O.ClH/c1-2-21-11-13-6-3-4-9-15(13)22-16(23)12-7-5-8-14(10-12)17(18,19)20;/h3-4,6,9,12,14,21H,2,5,7-8,10-11H2,1H3,(H,22,23);1H. The van der Waals surface area contributed by atoms with Gasteiger partial charge in [0.05, 0.1) is 5.92 Å². The number of carbonyl (C=O) groups is 1. The molecular weight excluding hydrogens is 341 g/mol. The van der Waals surface area contributed by atoms with E-state index in [4.69, 9.17) is 0 Å². The summed E-state index contributed by atoms with van der Waals surface area (Å²) in [4.78, 5) is 12.4. The first-order chi connectivity index (χ1) is 10.9.